The second-order valence-electron chi connectivity index (χ2n) is 4.14. The van der Waals surface area contributed by atoms with Crippen LogP contribution in [0.2, 0.25) is 0 Å². The first-order valence-corrected chi connectivity index (χ1v) is 6.77. The molecule has 0 saturated heterocycles. The van der Waals surface area contributed by atoms with Crippen LogP contribution in [0, 0.1) is 12.7 Å². The number of nitrogens with zero attached hydrogens (tertiary/aromatic N) is 1. The number of halogens is 1. The molecule has 2 aromatic rings. The van der Waals surface area contributed by atoms with Crippen molar-refractivity contribution < 1.29 is 19.1 Å². The molecular formula is C13H12FN3O3S. The summed E-state index contributed by atoms with van der Waals surface area (Å²) in [6, 6.07) is 4.86. The van der Waals surface area contributed by atoms with Crippen molar-refractivity contribution in [2.75, 3.05) is 5.32 Å². The number of carbonyl (C=O) groups excluding carboxylic acids is 1. The lowest BCUT2D eigenvalue weighted by Crippen LogP contribution is -2.28. The summed E-state index contributed by atoms with van der Waals surface area (Å²) in [7, 11) is 0. The maximum Gasteiger partial charge on any atom is 0.347 e. The van der Waals surface area contributed by atoms with Crippen molar-refractivity contribution in [3.63, 3.8) is 0 Å². The number of carboxylic acids is 1. The number of aromatic nitrogens is 1. The third kappa shape index (κ3) is 3.99. The number of thiazole rings is 1. The van der Waals surface area contributed by atoms with Crippen LogP contribution in [-0.4, -0.2) is 22.1 Å². The fourth-order valence-corrected chi connectivity index (χ4v) is 2.43. The van der Waals surface area contributed by atoms with E-state index in [-0.39, 0.29) is 17.2 Å². The summed E-state index contributed by atoms with van der Waals surface area (Å²) in [5, 5.41) is 14.5. The summed E-state index contributed by atoms with van der Waals surface area (Å²) < 4.78 is 12.7. The van der Waals surface area contributed by atoms with E-state index in [1.165, 1.54) is 24.3 Å². The molecule has 0 aliphatic carbocycles. The first-order chi connectivity index (χ1) is 9.95. The van der Waals surface area contributed by atoms with Crippen molar-refractivity contribution in [3.8, 4) is 0 Å². The second kappa shape index (κ2) is 6.31. The van der Waals surface area contributed by atoms with Crippen molar-refractivity contribution in [1.82, 2.24) is 10.3 Å². The lowest BCUT2D eigenvalue weighted by atomic mass is 10.3. The van der Waals surface area contributed by atoms with Crippen molar-refractivity contribution in [1.29, 1.82) is 0 Å². The van der Waals surface area contributed by atoms with Crippen molar-refractivity contribution in [3.05, 3.63) is 45.7 Å². The van der Waals surface area contributed by atoms with Gasteiger partial charge in [0.05, 0.1) is 12.2 Å². The number of carbonyl (C=O) groups is 2. The van der Waals surface area contributed by atoms with Crippen LogP contribution in [0.1, 0.15) is 20.4 Å². The van der Waals surface area contributed by atoms with Crippen LogP contribution >= 0.6 is 11.3 Å². The molecule has 0 aliphatic rings. The molecule has 1 aromatic carbocycles. The Kier molecular flexibility index (Phi) is 4.49. The standard InChI is InChI=1S/C13H12FN3O3S/c1-7-11(12(18)19)21-10(16-7)6-15-13(20)17-9-4-2-8(14)3-5-9/h2-5H,6H2,1H3,(H,18,19)(H2,15,17,20). The van der Waals surface area contributed by atoms with Gasteiger partial charge >= 0.3 is 12.0 Å². The number of anilines is 1. The minimum absolute atomic E-state index is 0.117. The van der Waals surface area contributed by atoms with E-state index in [2.05, 4.69) is 15.6 Å². The number of carboxylic acid groups (broad SMARTS) is 1. The molecule has 0 unspecified atom stereocenters. The van der Waals surface area contributed by atoms with Gasteiger partial charge in [0, 0.05) is 5.69 Å². The number of aryl methyl sites for hydroxylation is 1. The summed E-state index contributed by atoms with van der Waals surface area (Å²) in [6.45, 7) is 1.72. The molecule has 0 saturated carbocycles. The lowest BCUT2D eigenvalue weighted by Gasteiger charge is -2.06. The molecule has 0 radical (unpaired) electrons. The fraction of sp³-hybridized carbons (Fsp3) is 0.154. The zero-order valence-corrected chi connectivity index (χ0v) is 11.8. The molecule has 1 heterocycles. The van der Waals surface area contributed by atoms with E-state index >= 15 is 0 Å². The van der Waals surface area contributed by atoms with E-state index in [9.17, 15) is 14.0 Å². The molecule has 2 rings (SSSR count). The van der Waals surface area contributed by atoms with E-state index in [0.717, 1.165) is 11.3 Å². The average Bonchev–Trinajstić information content (AvgIpc) is 2.81. The second-order valence-corrected chi connectivity index (χ2v) is 5.23. The Morgan fingerprint density at radius 1 is 1.33 bits per heavy atom. The molecule has 3 N–H and O–H groups in total. The summed E-state index contributed by atoms with van der Waals surface area (Å²) in [5.41, 5.74) is 0.874. The SMILES string of the molecule is Cc1nc(CNC(=O)Nc2ccc(F)cc2)sc1C(=O)O. The number of amides is 2. The number of aromatic carboxylic acids is 1. The molecule has 0 bridgehead atoms. The van der Waals surface area contributed by atoms with Crippen LogP contribution in [0.25, 0.3) is 0 Å². The van der Waals surface area contributed by atoms with Gasteiger partial charge in [0.15, 0.2) is 0 Å². The molecule has 110 valence electrons. The van der Waals surface area contributed by atoms with Crippen molar-refractivity contribution >= 4 is 29.0 Å². The fourth-order valence-electron chi connectivity index (χ4n) is 1.59. The number of hydrogen-bond acceptors (Lipinski definition) is 4. The lowest BCUT2D eigenvalue weighted by molar-refractivity contribution is 0.0701. The molecule has 6 nitrogen and oxygen atoms in total. The van der Waals surface area contributed by atoms with Crippen LogP contribution in [0.15, 0.2) is 24.3 Å². The van der Waals surface area contributed by atoms with Gasteiger partial charge in [-0.25, -0.2) is 19.0 Å². The Hall–Kier alpha value is -2.48. The zero-order valence-electron chi connectivity index (χ0n) is 11.0. The maximum atomic E-state index is 12.7. The Bertz CT molecular complexity index is 670. The highest BCUT2D eigenvalue weighted by Crippen LogP contribution is 2.17. The van der Waals surface area contributed by atoms with Gasteiger partial charge in [-0.1, -0.05) is 0 Å². The van der Waals surface area contributed by atoms with Gasteiger partial charge in [-0.3, -0.25) is 0 Å². The Balaban J connectivity index is 1.90. The highest BCUT2D eigenvalue weighted by atomic mass is 32.1. The predicted octanol–water partition coefficient (Wildman–Crippen LogP) is 2.61. The number of rotatable bonds is 4. The van der Waals surface area contributed by atoms with E-state index < -0.39 is 12.0 Å². The van der Waals surface area contributed by atoms with Crippen LogP contribution in [0.3, 0.4) is 0 Å². The minimum Gasteiger partial charge on any atom is -0.477 e. The summed E-state index contributed by atoms with van der Waals surface area (Å²) in [4.78, 5) is 26.7. The maximum absolute atomic E-state index is 12.7. The Labute approximate surface area is 123 Å². The van der Waals surface area contributed by atoms with E-state index in [1.54, 1.807) is 6.92 Å². The van der Waals surface area contributed by atoms with Crippen LogP contribution in [-0.2, 0) is 6.54 Å². The number of urea groups is 1. The average molecular weight is 309 g/mol. The highest BCUT2D eigenvalue weighted by molar-refractivity contribution is 7.13. The molecule has 8 heteroatoms. The molecule has 0 spiro atoms. The van der Waals surface area contributed by atoms with Gasteiger partial charge in [0.25, 0.3) is 0 Å². The summed E-state index contributed by atoms with van der Waals surface area (Å²) in [5.74, 6) is -1.42. The van der Waals surface area contributed by atoms with Gasteiger partial charge in [0.2, 0.25) is 0 Å². The molecular weight excluding hydrogens is 297 g/mol. The molecule has 0 atom stereocenters. The molecule has 1 aromatic heterocycles. The number of nitrogens with one attached hydrogen (secondary N) is 2. The first-order valence-electron chi connectivity index (χ1n) is 5.95. The summed E-state index contributed by atoms with van der Waals surface area (Å²) in [6.07, 6.45) is 0. The van der Waals surface area contributed by atoms with Crippen molar-refractivity contribution in [2.24, 2.45) is 0 Å². The smallest absolute Gasteiger partial charge is 0.347 e. The minimum atomic E-state index is -1.04. The van der Waals surface area contributed by atoms with E-state index in [4.69, 9.17) is 5.11 Å². The van der Waals surface area contributed by atoms with E-state index in [0.29, 0.717) is 16.4 Å². The van der Waals surface area contributed by atoms with Crippen LogP contribution in [0.5, 0.6) is 0 Å². The normalized spacial score (nSPS) is 10.2. The molecule has 0 aliphatic heterocycles. The van der Waals surface area contributed by atoms with Gasteiger partial charge in [-0.05, 0) is 31.2 Å². The third-order valence-corrected chi connectivity index (χ3v) is 3.68. The van der Waals surface area contributed by atoms with Gasteiger partial charge in [0.1, 0.15) is 15.7 Å². The zero-order chi connectivity index (χ0) is 15.4. The third-order valence-electron chi connectivity index (χ3n) is 2.54. The monoisotopic (exact) mass is 309 g/mol. The quantitative estimate of drug-likeness (QED) is 0.809. The first kappa shape index (κ1) is 14.9. The van der Waals surface area contributed by atoms with Gasteiger partial charge < -0.3 is 15.7 Å². The molecule has 21 heavy (non-hydrogen) atoms. The topological polar surface area (TPSA) is 91.3 Å². The van der Waals surface area contributed by atoms with E-state index in [1.807, 2.05) is 0 Å². The Morgan fingerprint density at radius 3 is 2.57 bits per heavy atom. The number of hydrogen-bond donors (Lipinski definition) is 3. The van der Waals surface area contributed by atoms with Crippen LogP contribution in [0.4, 0.5) is 14.9 Å². The van der Waals surface area contributed by atoms with Gasteiger partial charge in [-0.15, -0.1) is 11.3 Å². The largest absolute Gasteiger partial charge is 0.477 e. The molecule has 0 fully saturated rings. The van der Waals surface area contributed by atoms with Gasteiger partial charge in [-0.2, -0.15) is 0 Å². The number of benzene rings is 1. The molecule has 2 amide bonds. The summed E-state index contributed by atoms with van der Waals surface area (Å²) >= 11 is 1.02. The van der Waals surface area contributed by atoms with Crippen molar-refractivity contribution in [2.45, 2.75) is 13.5 Å². The predicted molar refractivity (Wildman–Crippen MR) is 76.1 cm³/mol. The highest BCUT2D eigenvalue weighted by Gasteiger charge is 2.14. The van der Waals surface area contributed by atoms with Crippen LogP contribution < -0.4 is 10.6 Å². The Morgan fingerprint density at radius 2 is 2.00 bits per heavy atom.